The minimum atomic E-state index is -0.568. The van der Waals surface area contributed by atoms with Crippen LogP contribution in [0.15, 0.2) is 39.6 Å². The Labute approximate surface area is 153 Å². The van der Waals surface area contributed by atoms with Crippen molar-refractivity contribution in [3.05, 3.63) is 69.2 Å². The molecule has 0 saturated carbocycles. The quantitative estimate of drug-likeness (QED) is 0.561. The number of aromatic nitrogens is 4. The average molecular weight is 368 g/mol. The zero-order valence-corrected chi connectivity index (χ0v) is 15.0. The highest BCUT2D eigenvalue weighted by atomic mass is 19.1. The van der Waals surface area contributed by atoms with E-state index in [9.17, 15) is 14.4 Å². The smallest absolute Gasteiger partial charge is 0.291 e. The van der Waals surface area contributed by atoms with Gasteiger partial charge in [-0.1, -0.05) is 17.3 Å². The Kier molecular flexibility index (Phi) is 3.83. The zero-order valence-electron chi connectivity index (χ0n) is 15.0. The third-order valence-electron chi connectivity index (χ3n) is 4.60. The highest BCUT2D eigenvalue weighted by Gasteiger charge is 2.21. The molecule has 0 saturated heterocycles. The highest BCUT2D eigenvalue weighted by Crippen LogP contribution is 2.27. The molecule has 7 nitrogen and oxygen atoms in total. The summed E-state index contributed by atoms with van der Waals surface area (Å²) in [7, 11) is 0. The first-order valence-electron chi connectivity index (χ1n) is 8.37. The first-order valence-corrected chi connectivity index (χ1v) is 8.37. The Morgan fingerprint density at radius 2 is 1.85 bits per heavy atom. The molecular weight excluding hydrogens is 351 g/mol. The lowest BCUT2D eigenvalue weighted by atomic mass is 10.1. The molecule has 1 aromatic carbocycles. The molecule has 0 fully saturated rings. The van der Waals surface area contributed by atoms with Crippen molar-refractivity contribution in [2.24, 2.45) is 0 Å². The third-order valence-corrected chi connectivity index (χ3v) is 4.60. The second-order valence-corrected chi connectivity index (χ2v) is 6.48. The van der Waals surface area contributed by atoms with E-state index in [1.54, 1.807) is 43.7 Å². The number of hydrogen-bond donors (Lipinski definition) is 1. The van der Waals surface area contributed by atoms with Crippen LogP contribution in [-0.4, -0.2) is 24.9 Å². The summed E-state index contributed by atoms with van der Waals surface area (Å²) in [6.45, 7) is 5.52. The molecule has 0 radical (unpaired) electrons. The minimum Gasteiger partial charge on any atom is -0.425 e. The number of hydrogen-bond acceptors (Lipinski definition) is 5. The van der Waals surface area contributed by atoms with E-state index < -0.39 is 5.56 Å². The van der Waals surface area contributed by atoms with Crippen molar-refractivity contribution in [2.75, 3.05) is 0 Å². The van der Waals surface area contributed by atoms with Gasteiger partial charge in [0.1, 0.15) is 17.1 Å². The summed E-state index contributed by atoms with van der Waals surface area (Å²) in [4.78, 5) is 12.7. The fourth-order valence-corrected chi connectivity index (χ4v) is 3.34. The molecule has 0 amide bonds. The molecule has 4 rings (SSSR count). The molecule has 27 heavy (non-hydrogen) atoms. The molecule has 8 heteroatoms. The number of aryl methyl sites for hydroxylation is 3. The number of fused-ring (bicyclic) bond motifs is 1. The van der Waals surface area contributed by atoms with E-state index in [0.717, 1.165) is 5.56 Å². The molecule has 0 aliphatic carbocycles. The van der Waals surface area contributed by atoms with Gasteiger partial charge in [0.05, 0.1) is 34.6 Å². The fourth-order valence-electron chi connectivity index (χ4n) is 3.34. The van der Waals surface area contributed by atoms with Crippen LogP contribution in [0.1, 0.15) is 22.7 Å². The lowest BCUT2D eigenvalue weighted by Gasteiger charge is -2.07. The minimum absolute atomic E-state index is 0.279. The Morgan fingerprint density at radius 3 is 2.48 bits per heavy atom. The maximum absolute atomic E-state index is 13.2. The SMILES string of the molecule is Cc1noc(C)c1-c1cc2c(c(C)nn2Cc2ccc(F)cc2)n(O)c1=O. The highest BCUT2D eigenvalue weighted by molar-refractivity contribution is 5.83. The van der Waals surface area contributed by atoms with Crippen molar-refractivity contribution in [1.82, 2.24) is 19.7 Å². The lowest BCUT2D eigenvalue weighted by molar-refractivity contribution is 0.189. The normalized spacial score (nSPS) is 11.4. The number of rotatable bonds is 3. The molecule has 4 aromatic rings. The molecule has 0 bridgehead atoms. The standard InChI is InChI=1S/C19H17FN4O3/c1-10-17(12(3)27-22-10)15-8-16-18(24(26)19(15)25)11(2)21-23(16)9-13-4-6-14(20)7-5-13/h4-8,26H,9H2,1-3H3. The molecule has 1 N–H and O–H groups in total. The molecule has 0 aliphatic heterocycles. The topological polar surface area (TPSA) is 86.1 Å². The van der Waals surface area contributed by atoms with E-state index in [4.69, 9.17) is 4.52 Å². The van der Waals surface area contributed by atoms with E-state index in [2.05, 4.69) is 10.3 Å². The third kappa shape index (κ3) is 2.69. The summed E-state index contributed by atoms with van der Waals surface area (Å²) < 4.78 is 20.6. The van der Waals surface area contributed by atoms with Gasteiger partial charge in [0, 0.05) is 0 Å². The van der Waals surface area contributed by atoms with Gasteiger partial charge in [-0.2, -0.15) is 5.10 Å². The molecule has 3 aromatic heterocycles. The maximum Gasteiger partial charge on any atom is 0.291 e. The average Bonchev–Trinajstić information content (AvgIpc) is 3.12. The van der Waals surface area contributed by atoms with Crippen molar-refractivity contribution in [3.63, 3.8) is 0 Å². The van der Waals surface area contributed by atoms with Gasteiger partial charge in [0.2, 0.25) is 0 Å². The van der Waals surface area contributed by atoms with Crippen LogP contribution in [0.5, 0.6) is 0 Å². The predicted molar refractivity (Wildman–Crippen MR) is 96.4 cm³/mol. The van der Waals surface area contributed by atoms with E-state index in [1.165, 1.54) is 12.1 Å². The van der Waals surface area contributed by atoms with E-state index in [1.807, 2.05) is 0 Å². The van der Waals surface area contributed by atoms with Crippen molar-refractivity contribution in [1.29, 1.82) is 0 Å². The van der Waals surface area contributed by atoms with Crippen molar-refractivity contribution >= 4 is 11.0 Å². The van der Waals surface area contributed by atoms with Crippen molar-refractivity contribution in [2.45, 2.75) is 27.3 Å². The van der Waals surface area contributed by atoms with Gasteiger partial charge in [0.25, 0.3) is 5.56 Å². The molecule has 0 aliphatic rings. The Balaban J connectivity index is 1.94. The second-order valence-electron chi connectivity index (χ2n) is 6.48. The van der Waals surface area contributed by atoms with E-state index in [-0.39, 0.29) is 11.4 Å². The summed E-state index contributed by atoms with van der Waals surface area (Å²) in [6.07, 6.45) is 0. The molecular formula is C19H17FN4O3. The van der Waals surface area contributed by atoms with Gasteiger partial charge < -0.3 is 9.73 Å². The summed E-state index contributed by atoms with van der Waals surface area (Å²) in [5.41, 5.74) is 3.09. The van der Waals surface area contributed by atoms with Crippen LogP contribution in [0.25, 0.3) is 22.2 Å². The van der Waals surface area contributed by atoms with Crippen LogP contribution < -0.4 is 5.56 Å². The summed E-state index contributed by atoms with van der Waals surface area (Å²) in [5.74, 6) is 0.176. The number of benzene rings is 1. The Bertz CT molecular complexity index is 1200. The van der Waals surface area contributed by atoms with Crippen LogP contribution in [-0.2, 0) is 6.54 Å². The van der Waals surface area contributed by atoms with Crippen LogP contribution in [0, 0.1) is 26.6 Å². The largest absolute Gasteiger partial charge is 0.425 e. The van der Waals surface area contributed by atoms with Gasteiger partial charge in [-0.15, -0.1) is 4.73 Å². The first-order chi connectivity index (χ1) is 12.9. The van der Waals surface area contributed by atoms with Gasteiger partial charge in [-0.05, 0) is 44.5 Å². The number of pyridine rings is 1. The number of halogens is 1. The summed E-state index contributed by atoms with van der Waals surface area (Å²) in [5, 5.41) is 18.8. The lowest BCUT2D eigenvalue weighted by Crippen LogP contribution is -2.20. The Morgan fingerprint density at radius 1 is 1.15 bits per heavy atom. The van der Waals surface area contributed by atoms with Gasteiger partial charge >= 0.3 is 0 Å². The maximum atomic E-state index is 13.2. The summed E-state index contributed by atoms with van der Waals surface area (Å²) in [6, 6.07) is 7.78. The van der Waals surface area contributed by atoms with Crippen molar-refractivity contribution < 1.29 is 14.1 Å². The molecule has 0 spiro atoms. The fraction of sp³-hybridized carbons (Fsp3) is 0.211. The zero-order chi connectivity index (χ0) is 19.3. The van der Waals surface area contributed by atoms with Crippen LogP contribution in [0.2, 0.25) is 0 Å². The molecule has 3 heterocycles. The van der Waals surface area contributed by atoms with Gasteiger partial charge in [-0.3, -0.25) is 9.48 Å². The number of nitrogens with zero attached hydrogens (tertiary/aromatic N) is 4. The van der Waals surface area contributed by atoms with Crippen LogP contribution in [0.3, 0.4) is 0 Å². The Hall–Kier alpha value is -3.42. The molecule has 0 unspecified atom stereocenters. The monoisotopic (exact) mass is 368 g/mol. The summed E-state index contributed by atoms with van der Waals surface area (Å²) >= 11 is 0. The van der Waals surface area contributed by atoms with Gasteiger partial charge in [-0.25, -0.2) is 4.39 Å². The van der Waals surface area contributed by atoms with Crippen LogP contribution in [0.4, 0.5) is 4.39 Å². The first kappa shape index (κ1) is 17.0. The second kappa shape index (κ2) is 6.08. The van der Waals surface area contributed by atoms with E-state index >= 15 is 0 Å². The predicted octanol–water partition coefficient (Wildman–Crippen LogP) is 3.20. The van der Waals surface area contributed by atoms with Gasteiger partial charge in [0.15, 0.2) is 0 Å². The van der Waals surface area contributed by atoms with Crippen molar-refractivity contribution in [3.8, 4) is 11.1 Å². The van der Waals surface area contributed by atoms with Crippen LogP contribution >= 0.6 is 0 Å². The molecule has 138 valence electrons. The van der Waals surface area contributed by atoms with E-state index in [0.29, 0.717) is 45.0 Å². The molecule has 0 atom stereocenters.